The fourth-order valence-corrected chi connectivity index (χ4v) is 5.34. The fraction of sp³-hybridized carbons (Fsp3) is 0.0270. The Kier molecular flexibility index (Phi) is 5.91. The average Bonchev–Trinajstić information content (AvgIpc) is 3.24. The van der Waals surface area contributed by atoms with Crippen LogP contribution in [0, 0.1) is 0 Å². The maximum Gasteiger partial charge on any atom is 0.143 e. The van der Waals surface area contributed by atoms with Crippen LogP contribution in [0.15, 0.2) is 144 Å². The summed E-state index contributed by atoms with van der Waals surface area (Å²) in [7, 11) is 0. The first-order valence-corrected chi connectivity index (χ1v) is 13.3. The van der Waals surface area contributed by atoms with Gasteiger partial charge in [-0.05, 0) is 52.9 Å². The van der Waals surface area contributed by atoms with Crippen molar-refractivity contribution in [3.63, 3.8) is 0 Å². The lowest BCUT2D eigenvalue weighted by Gasteiger charge is -2.09. The number of para-hydroxylation sites is 1. The van der Waals surface area contributed by atoms with Crippen molar-refractivity contribution in [3.8, 4) is 22.3 Å². The highest BCUT2D eigenvalue weighted by Gasteiger charge is 2.14. The normalized spacial score (nSPS) is 12.6. The Hall–Kier alpha value is -5.08. The summed E-state index contributed by atoms with van der Waals surface area (Å²) in [4.78, 5) is 0. The Labute approximate surface area is 227 Å². The Balaban J connectivity index is 1.23. The third-order valence-electron chi connectivity index (χ3n) is 7.30. The number of fused-ring (bicyclic) bond motifs is 3. The molecule has 1 aromatic heterocycles. The molecule has 0 amide bonds. The highest BCUT2D eigenvalue weighted by atomic mass is 16.3. The molecule has 1 aliphatic rings. The van der Waals surface area contributed by atoms with Crippen molar-refractivity contribution in [2.45, 2.75) is 6.42 Å². The molecule has 2 heteroatoms. The van der Waals surface area contributed by atoms with Gasteiger partial charge in [-0.3, -0.25) is 0 Å². The molecule has 0 bridgehead atoms. The van der Waals surface area contributed by atoms with Crippen LogP contribution in [-0.4, -0.2) is 0 Å². The molecule has 1 aliphatic carbocycles. The fourth-order valence-electron chi connectivity index (χ4n) is 5.34. The molecule has 186 valence electrons. The molecule has 1 heterocycles. The number of anilines is 2. The van der Waals surface area contributed by atoms with Crippen molar-refractivity contribution < 1.29 is 4.42 Å². The molecule has 0 spiro atoms. The monoisotopic (exact) mass is 501 g/mol. The summed E-state index contributed by atoms with van der Waals surface area (Å²) in [6.45, 7) is 0. The van der Waals surface area contributed by atoms with Crippen molar-refractivity contribution in [2.75, 3.05) is 5.32 Å². The van der Waals surface area contributed by atoms with Crippen LogP contribution in [0.3, 0.4) is 0 Å². The van der Waals surface area contributed by atoms with Crippen LogP contribution in [-0.2, 0) is 0 Å². The second-order valence-corrected chi connectivity index (χ2v) is 9.79. The van der Waals surface area contributed by atoms with Crippen LogP contribution in [0.5, 0.6) is 0 Å². The average molecular weight is 502 g/mol. The molecule has 0 unspecified atom stereocenters. The lowest BCUT2D eigenvalue weighted by molar-refractivity contribution is 0.574. The van der Waals surface area contributed by atoms with Gasteiger partial charge in [-0.2, -0.15) is 0 Å². The van der Waals surface area contributed by atoms with Gasteiger partial charge in [0.2, 0.25) is 0 Å². The first kappa shape index (κ1) is 23.1. The van der Waals surface area contributed by atoms with Gasteiger partial charge in [-0.1, -0.05) is 121 Å². The molecular weight excluding hydrogens is 474 g/mol. The highest BCUT2D eigenvalue weighted by Crippen LogP contribution is 2.28. The van der Waals surface area contributed by atoms with Gasteiger partial charge >= 0.3 is 0 Å². The SMILES string of the molecule is C1=CC(c2ccc(Nc3ccc(-c4ccccc4)cc3)cc2)=c2oc3c(-c4ccccc4)cccc3c2=CC1. The molecule has 5 aromatic carbocycles. The van der Waals surface area contributed by atoms with E-state index < -0.39 is 0 Å². The summed E-state index contributed by atoms with van der Waals surface area (Å²) in [5, 5.41) is 5.86. The topological polar surface area (TPSA) is 25.2 Å². The number of benzene rings is 5. The molecule has 0 aliphatic heterocycles. The van der Waals surface area contributed by atoms with E-state index in [1.165, 1.54) is 16.3 Å². The van der Waals surface area contributed by atoms with Gasteiger partial charge in [0.1, 0.15) is 11.0 Å². The van der Waals surface area contributed by atoms with Gasteiger partial charge in [0.05, 0.1) is 0 Å². The van der Waals surface area contributed by atoms with Gasteiger partial charge in [-0.25, -0.2) is 0 Å². The van der Waals surface area contributed by atoms with E-state index in [1.54, 1.807) is 0 Å². The molecule has 7 rings (SSSR count). The third kappa shape index (κ3) is 4.47. The minimum absolute atomic E-state index is 0.874. The summed E-state index contributed by atoms with van der Waals surface area (Å²) < 4.78 is 6.66. The molecule has 0 radical (unpaired) electrons. The smallest absolute Gasteiger partial charge is 0.143 e. The van der Waals surface area contributed by atoms with E-state index in [9.17, 15) is 0 Å². The summed E-state index contributed by atoms with van der Waals surface area (Å²) in [5.41, 5.74) is 10.9. The lowest BCUT2D eigenvalue weighted by Crippen LogP contribution is -2.22. The zero-order valence-electron chi connectivity index (χ0n) is 21.5. The lowest BCUT2D eigenvalue weighted by atomic mass is 10.0. The largest absolute Gasteiger partial charge is 0.455 e. The van der Waals surface area contributed by atoms with E-state index in [2.05, 4.69) is 139 Å². The molecule has 39 heavy (non-hydrogen) atoms. The Morgan fingerprint density at radius 3 is 1.85 bits per heavy atom. The molecule has 0 atom stereocenters. The second-order valence-electron chi connectivity index (χ2n) is 9.79. The van der Waals surface area contributed by atoms with E-state index >= 15 is 0 Å². The van der Waals surface area contributed by atoms with Crippen LogP contribution in [0.2, 0.25) is 0 Å². The van der Waals surface area contributed by atoms with E-state index in [0.29, 0.717) is 0 Å². The molecule has 1 N–H and O–H groups in total. The maximum atomic E-state index is 6.66. The maximum absolute atomic E-state index is 6.66. The van der Waals surface area contributed by atoms with Crippen molar-refractivity contribution in [3.05, 3.63) is 156 Å². The third-order valence-corrected chi connectivity index (χ3v) is 7.30. The van der Waals surface area contributed by atoms with Crippen LogP contribution in [0.25, 0.3) is 44.9 Å². The minimum Gasteiger partial charge on any atom is -0.455 e. The van der Waals surface area contributed by atoms with Crippen LogP contribution >= 0.6 is 0 Å². The predicted octanol–water partition coefficient (Wildman–Crippen LogP) is 8.45. The van der Waals surface area contributed by atoms with E-state index in [4.69, 9.17) is 4.42 Å². The minimum atomic E-state index is 0.874. The first-order chi connectivity index (χ1) is 19.3. The van der Waals surface area contributed by atoms with Gasteiger partial charge in [0.25, 0.3) is 0 Å². The molecule has 0 fully saturated rings. The zero-order chi connectivity index (χ0) is 26.0. The summed E-state index contributed by atoms with van der Waals surface area (Å²) in [6.07, 6.45) is 7.55. The van der Waals surface area contributed by atoms with Crippen LogP contribution in [0.1, 0.15) is 12.0 Å². The number of allylic oxidation sites excluding steroid dienone is 2. The van der Waals surface area contributed by atoms with Gasteiger partial charge < -0.3 is 9.73 Å². The number of nitrogens with one attached hydrogen (secondary N) is 1. The summed E-state index contributed by atoms with van der Waals surface area (Å²) in [6, 6.07) is 44.5. The Morgan fingerprint density at radius 1 is 0.538 bits per heavy atom. The Morgan fingerprint density at radius 2 is 1.15 bits per heavy atom. The Bertz CT molecular complexity index is 1910. The van der Waals surface area contributed by atoms with E-state index in [1.807, 2.05) is 12.1 Å². The van der Waals surface area contributed by atoms with Crippen molar-refractivity contribution in [1.82, 2.24) is 0 Å². The molecule has 0 saturated heterocycles. The van der Waals surface area contributed by atoms with Crippen LogP contribution < -0.4 is 16.0 Å². The second kappa shape index (κ2) is 10.00. The zero-order valence-corrected chi connectivity index (χ0v) is 21.5. The number of hydrogen-bond donors (Lipinski definition) is 1. The summed E-state index contributed by atoms with van der Waals surface area (Å²) in [5.74, 6) is 0. The molecular formula is C37H27NO. The van der Waals surface area contributed by atoms with Crippen molar-refractivity contribution >= 4 is 34.0 Å². The number of furan rings is 1. The van der Waals surface area contributed by atoms with E-state index in [0.717, 1.165) is 56.4 Å². The van der Waals surface area contributed by atoms with Gasteiger partial charge in [0.15, 0.2) is 0 Å². The van der Waals surface area contributed by atoms with Gasteiger partial charge in [-0.15, -0.1) is 0 Å². The van der Waals surface area contributed by atoms with Crippen molar-refractivity contribution in [2.24, 2.45) is 0 Å². The van der Waals surface area contributed by atoms with Gasteiger partial charge in [0, 0.05) is 33.1 Å². The number of hydrogen-bond acceptors (Lipinski definition) is 2. The first-order valence-electron chi connectivity index (χ1n) is 13.3. The predicted molar refractivity (Wildman–Crippen MR) is 163 cm³/mol. The van der Waals surface area contributed by atoms with Crippen LogP contribution in [0.4, 0.5) is 11.4 Å². The molecule has 0 saturated carbocycles. The van der Waals surface area contributed by atoms with Crippen molar-refractivity contribution in [1.29, 1.82) is 0 Å². The molecule has 2 nitrogen and oxygen atoms in total. The number of rotatable bonds is 5. The van der Waals surface area contributed by atoms with E-state index in [-0.39, 0.29) is 0 Å². The highest BCUT2D eigenvalue weighted by molar-refractivity contribution is 5.94. The summed E-state index contributed by atoms with van der Waals surface area (Å²) >= 11 is 0. The molecule has 6 aromatic rings. The standard InChI is InChI=1S/C37H27NO/c1-3-10-26(11-4-1)27-18-22-30(23-19-27)38-31-24-20-29(21-25-31)32-14-7-8-15-34-35-17-9-16-33(37(35)39-36(32)34)28-12-5-2-6-13-28/h1-7,9-25,38H,8H2. The quantitative estimate of drug-likeness (QED) is 0.256.